The van der Waals surface area contributed by atoms with Crippen molar-refractivity contribution in [1.82, 2.24) is 0 Å². The normalized spacial score (nSPS) is 10.5. The van der Waals surface area contributed by atoms with E-state index < -0.39 is 11.6 Å². The largest absolute Gasteiger partial charge is 0.389 e. The SMILES string of the molecule is Cc1cc(Br)c(Nc2c(F)cc(C(N)=S)cc2F)cc1Cl. The second-order valence-corrected chi connectivity index (χ2v) is 6.09. The van der Waals surface area contributed by atoms with Gasteiger partial charge in [0.2, 0.25) is 0 Å². The molecule has 3 N–H and O–H groups in total. The number of thiocarbonyl (C=S) groups is 1. The molecule has 0 radical (unpaired) electrons. The molecule has 110 valence electrons. The standard InChI is InChI=1S/C14H10BrClF2N2S/c1-6-2-8(15)12(5-9(6)16)20-13-10(17)3-7(14(19)21)4-11(13)18/h2-5,20H,1H3,(H2,19,21). The molecule has 2 nitrogen and oxygen atoms in total. The van der Waals surface area contributed by atoms with Gasteiger partial charge in [0, 0.05) is 15.1 Å². The van der Waals surface area contributed by atoms with E-state index in [0.717, 1.165) is 17.7 Å². The minimum absolute atomic E-state index is 0.0705. The van der Waals surface area contributed by atoms with Crippen LogP contribution in [0.25, 0.3) is 0 Å². The van der Waals surface area contributed by atoms with Gasteiger partial charge in [-0.1, -0.05) is 23.8 Å². The third-order valence-corrected chi connectivity index (χ3v) is 4.13. The number of benzene rings is 2. The smallest absolute Gasteiger partial charge is 0.150 e. The molecule has 0 fully saturated rings. The fraction of sp³-hybridized carbons (Fsp3) is 0.0714. The average Bonchev–Trinajstić information content (AvgIpc) is 2.39. The van der Waals surface area contributed by atoms with Gasteiger partial charge >= 0.3 is 0 Å². The lowest BCUT2D eigenvalue weighted by atomic mass is 10.1. The van der Waals surface area contributed by atoms with Crippen LogP contribution in [0.5, 0.6) is 0 Å². The van der Waals surface area contributed by atoms with Crippen molar-refractivity contribution in [2.45, 2.75) is 6.92 Å². The predicted molar refractivity (Wildman–Crippen MR) is 89.4 cm³/mol. The molecule has 0 aliphatic heterocycles. The molecule has 0 amide bonds. The first-order valence-corrected chi connectivity index (χ1v) is 7.39. The first kappa shape index (κ1) is 16.1. The summed E-state index contributed by atoms with van der Waals surface area (Å²) < 4.78 is 28.6. The maximum Gasteiger partial charge on any atom is 0.150 e. The number of nitrogens with one attached hydrogen (secondary N) is 1. The van der Waals surface area contributed by atoms with Crippen molar-refractivity contribution < 1.29 is 8.78 Å². The van der Waals surface area contributed by atoms with E-state index in [-0.39, 0.29) is 16.2 Å². The monoisotopic (exact) mass is 390 g/mol. The highest BCUT2D eigenvalue weighted by Gasteiger charge is 2.14. The Kier molecular flexibility index (Phi) is 4.81. The van der Waals surface area contributed by atoms with Crippen LogP contribution in [0, 0.1) is 18.6 Å². The summed E-state index contributed by atoms with van der Waals surface area (Å²) in [4.78, 5) is -0.0705. The summed E-state index contributed by atoms with van der Waals surface area (Å²) in [6.45, 7) is 1.83. The van der Waals surface area contributed by atoms with Crippen molar-refractivity contribution in [3.05, 3.63) is 56.5 Å². The summed E-state index contributed by atoms with van der Waals surface area (Å²) in [5.41, 5.74) is 6.50. The molecule has 2 aromatic rings. The third-order valence-electron chi connectivity index (χ3n) is 2.83. The molecule has 7 heteroatoms. The lowest BCUT2D eigenvalue weighted by molar-refractivity contribution is 0.590. The Hall–Kier alpha value is -1.24. The van der Waals surface area contributed by atoms with Crippen molar-refractivity contribution in [3.63, 3.8) is 0 Å². The number of anilines is 2. The zero-order valence-corrected chi connectivity index (χ0v) is 14.0. The maximum absolute atomic E-state index is 14.0. The summed E-state index contributed by atoms with van der Waals surface area (Å²) in [6.07, 6.45) is 0. The van der Waals surface area contributed by atoms with Crippen LogP contribution in [0.1, 0.15) is 11.1 Å². The van der Waals surface area contributed by atoms with Crippen LogP contribution < -0.4 is 11.1 Å². The summed E-state index contributed by atoms with van der Waals surface area (Å²) in [5, 5.41) is 3.16. The third kappa shape index (κ3) is 3.51. The van der Waals surface area contributed by atoms with Gasteiger partial charge in [-0.3, -0.25) is 0 Å². The molecule has 0 aliphatic rings. The van der Waals surface area contributed by atoms with Crippen LogP contribution in [-0.4, -0.2) is 4.99 Å². The minimum Gasteiger partial charge on any atom is -0.389 e. The first-order chi connectivity index (χ1) is 9.79. The van der Waals surface area contributed by atoms with E-state index >= 15 is 0 Å². The molecule has 0 bridgehead atoms. The Bertz CT molecular complexity index is 714. The van der Waals surface area contributed by atoms with Crippen molar-refractivity contribution in [3.8, 4) is 0 Å². The van der Waals surface area contributed by atoms with Gasteiger partial charge in [0.25, 0.3) is 0 Å². The molecule has 2 rings (SSSR count). The van der Waals surface area contributed by atoms with E-state index in [0.29, 0.717) is 15.2 Å². The van der Waals surface area contributed by atoms with Gasteiger partial charge in [-0.15, -0.1) is 0 Å². The zero-order chi connectivity index (χ0) is 15.7. The van der Waals surface area contributed by atoms with E-state index in [1.54, 1.807) is 12.1 Å². The molecule has 0 heterocycles. The van der Waals surface area contributed by atoms with E-state index in [1.807, 2.05) is 6.92 Å². The lowest BCUT2D eigenvalue weighted by Gasteiger charge is -2.13. The number of aryl methyl sites for hydroxylation is 1. The minimum atomic E-state index is -0.790. The second kappa shape index (κ2) is 6.25. The highest BCUT2D eigenvalue weighted by Crippen LogP contribution is 2.33. The predicted octanol–water partition coefficient (Wildman–Crippen LogP) is 5.07. The van der Waals surface area contributed by atoms with Crippen molar-refractivity contribution >= 4 is 56.1 Å². The molecule has 0 spiro atoms. The van der Waals surface area contributed by atoms with Crippen LogP contribution in [0.2, 0.25) is 5.02 Å². The van der Waals surface area contributed by atoms with Gasteiger partial charge in [0.15, 0.2) is 0 Å². The fourth-order valence-corrected chi connectivity index (χ4v) is 2.55. The van der Waals surface area contributed by atoms with E-state index in [9.17, 15) is 8.78 Å². The summed E-state index contributed by atoms with van der Waals surface area (Å²) in [7, 11) is 0. The van der Waals surface area contributed by atoms with Gasteiger partial charge in [0.05, 0.1) is 5.69 Å². The number of rotatable bonds is 3. The second-order valence-electron chi connectivity index (χ2n) is 4.39. The van der Waals surface area contributed by atoms with Gasteiger partial charge in [-0.25, -0.2) is 8.78 Å². The number of halogens is 4. The summed E-state index contributed by atoms with van der Waals surface area (Å²) in [5.74, 6) is -1.58. The van der Waals surface area contributed by atoms with Gasteiger partial charge in [-0.2, -0.15) is 0 Å². The van der Waals surface area contributed by atoms with Crippen molar-refractivity contribution in [1.29, 1.82) is 0 Å². The van der Waals surface area contributed by atoms with Crippen LogP contribution in [0.3, 0.4) is 0 Å². The molecule has 21 heavy (non-hydrogen) atoms. The fourth-order valence-electron chi connectivity index (χ4n) is 1.71. The number of nitrogens with two attached hydrogens (primary N) is 1. The highest BCUT2D eigenvalue weighted by atomic mass is 79.9. The topological polar surface area (TPSA) is 38.0 Å². The van der Waals surface area contributed by atoms with E-state index in [1.165, 1.54) is 0 Å². The first-order valence-electron chi connectivity index (χ1n) is 5.81. The Morgan fingerprint density at radius 2 is 1.81 bits per heavy atom. The van der Waals surface area contributed by atoms with E-state index in [2.05, 4.69) is 21.2 Å². The molecular formula is C14H10BrClF2N2S. The van der Waals surface area contributed by atoms with E-state index in [4.69, 9.17) is 29.6 Å². The molecule has 0 unspecified atom stereocenters. The molecule has 0 aromatic heterocycles. The molecular weight excluding hydrogens is 382 g/mol. The Morgan fingerprint density at radius 3 is 2.33 bits per heavy atom. The molecule has 0 saturated carbocycles. The summed E-state index contributed by atoms with van der Waals surface area (Å²) >= 11 is 14.0. The Labute approximate surface area is 139 Å². The van der Waals surface area contributed by atoms with Crippen LogP contribution in [-0.2, 0) is 0 Å². The zero-order valence-electron chi connectivity index (χ0n) is 10.8. The maximum atomic E-state index is 14.0. The Balaban J connectivity index is 2.45. The van der Waals surface area contributed by atoms with Crippen molar-refractivity contribution in [2.75, 3.05) is 5.32 Å². The Morgan fingerprint density at radius 1 is 1.24 bits per heavy atom. The van der Waals surface area contributed by atoms with Gasteiger partial charge in [-0.05, 0) is 52.7 Å². The average molecular weight is 392 g/mol. The van der Waals surface area contributed by atoms with Gasteiger partial charge in [0.1, 0.15) is 22.3 Å². The molecule has 0 saturated heterocycles. The highest BCUT2D eigenvalue weighted by molar-refractivity contribution is 9.10. The number of hydrogen-bond acceptors (Lipinski definition) is 2. The molecule has 0 aliphatic carbocycles. The quantitative estimate of drug-likeness (QED) is 0.718. The molecule has 0 atom stereocenters. The van der Waals surface area contributed by atoms with Crippen molar-refractivity contribution in [2.24, 2.45) is 5.73 Å². The summed E-state index contributed by atoms with van der Waals surface area (Å²) in [6, 6.07) is 5.50. The van der Waals surface area contributed by atoms with Crippen LogP contribution in [0.15, 0.2) is 28.7 Å². The lowest BCUT2D eigenvalue weighted by Crippen LogP contribution is -2.11. The van der Waals surface area contributed by atoms with Gasteiger partial charge < -0.3 is 11.1 Å². The number of hydrogen-bond donors (Lipinski definition) is 2. The molecule has 2 aromatic carbocycles. The van der Waals surface area contributed by atoms with Crippen LogP contribution >= 0.6 is 39.7 Å². The van der Waals surface area contributed by atoms with Crippen LogP contribution in [0.4, 0.5) is 20.2 Å².